The number of carbonyl (C=O) groups is 1. The summed E-state index contributed by atoms with van der Waals surface area (Å²) in [6.45, 7) is 2.55. The Bertz CT molecular complexity index is 507. The third-order valence-electron chi connectivity index (χ3n) is 2.45. The van der Waals surface area contributed by atoms with Gasteiger partial charge in [0.05, 0.1) is 11.5 Å². The summed E-state index contributed by atoms with van der Waals surface area (Å²) in [4.78, 5) is 11.0. The van der Waals surface area contributed by atoms with E-state index in [1.165, 1.54) is 13.8 Å². The van der Waals surface area contributed by atoms with Gasteiger partial charge in [-0.1, -0.05) is 0 Å². The van der Waals surface area contributed by atoms with Gasteiger partial charge in [-0.25, -0.2) is 13.2 Å². The van der Waals surface area contributed by atoms with Crippen LogP contribution in [0.25, 0.3) is 0 Å². The van der Waals surface area contributed by atoms with E-state index in [9.17, 15) is 18.0 Å². The van der Waals surface area contributed by atoms with Crippen molar-refractivity contribution in [2.45, 2.75) is 25.7 Å². The van der Waals surface area contributed by atoms with Gasteiger partial charge < -0.3 is 0 Å². The highest BCUT2D eigenvalue weighted by Gasteiger charge is 2.32. The van der Waals surface area contributed by atoms with E-state index in [1.807, 2.05) is 0 Å². The molecular formula is C12H10F3NO. The summed E-state index contributed by atoms with van der Waals surface area (Å²) in [5.74, 6) is -3.94. The molecule has 90 valence electrons. The van der Waals surface area contributed by atoms with Crippen molar-refractivity contribution in [3.63, 3.8) is 0 Å². The molecule has 2 nitrogen and oxygen atoms in total. The van der Waals surface area contributed by atoms with Gasteiger partial charge in [-0.15, -0.1) is 0 Å². The largest absolute Gasteiger partial charge is 0.300 e. The molecule has 0 spiro atoms. The van der Waals surface area contributed by atoms with E-state index in [-0.39, 0.29) is 17.8 Å². The quantitative estimate of drug-likeness (QED) is 0.763. The molecule has 0 aliphatic rings. The van der Waals surface area contributed by atoms with Crippen LogP contribution >= 0.6 is 0 Å². The number of hydrogen-bond donors (Lipinski definition) is 0. The Morgan fingerprint density at radius 1 is 1.29 bits per heavy atom. The van der Waals surface area contributed by atoms with Crippen molar-refractivity contribution in [1.82, 2.24) is 0 Å². The minimum absolute atomic E-state index is 0.258. The number of hydrogen-bond acceptors (Lipinski definition) is 2. The summed E-state index contributed by atoms with van der Waals surface area (Å²) in [5.41, 5.74) is -1.81. The summed E-state index contributed by atoms with van der Waals surface area (Å²) < 4.78 is 39.3. The molecule has 0 heterocycles. The van der Waals surface area contributed by atoms with Crippen LogP contribution in [0, 0.1) is 28.8 Å². The van der Waals surface area contributed by atoms with E-state index in [2.05, 4.69) is 0 Å². The molecule has 1 unspecified atom stereocenters. The number of Topliss-reactive ketones (excluding diaryl/α,β-unsaturated/α-hetero) is 1. The molecule has 0 aromatic heterocycles. The zero-order valence-electron chi connectivity index (χ0n) is 9.35. The van der Waals surface area contributed by atoms with Crippen LogP contribution in [-0.2, 0) is 10.2 Å². The van der Waals surface area contributed by atoms with Crippen molar-refractivity contribution < 1.29 is 18.0 Å². The van der Waals surface area contributed by atoms with Crippen molar-refractivity contribution in [2.24, 2.45) is 0 Å². The van der Waals surface area contributed by atoms with E-state index in [0.717, 1.165) is 0 Å². The van der Waals surface area contributed by atoms with Gasteiger partial charge >= 0.3 is 0 Å². The molecule has 1 atom stereocenters. The van der Waals surface area contributed by atoms with Crippen LogP contribution in [-0.4, -0.2) is 5.78 Å². The van der Waals surface area contributed by atoms with Crippen LogP contribution in [0.1, 0.15) is 25.8 Å². The van der Waals surface area contributed by atoms with Gasteiger partial charge in [0.2, 0.25) is 0 Å². The second kappa shape index (κ2) is 4.58. The molecule has 1 aromatic carbocycles. The second-order valence-corrected chi connectivity index (χ2v) is 4.07. The van der Waals surface area contributed by atoms with Crippen molar-refractivity contribution in [1.29, 1.82) is 5.26 Å². The number of benzene rings is 1. The molecule has 0 bridgehead atoms. The molecule has 5 heteroatoms. The molecule has 0 saturated heterocycles. The Labute approximate surface area is 96.7 Å². The van der Waals surface area contributed by atoms with E-state index >= 15 is 0 Å². The third kappa shape index (κ3) is 2.64. The first-order valence-corrected chi connectivity index (χ1v) is 4.86. The number of ketones is 1. The smallest absolute Gasteiger partial charge is 0.161 e. The Morgan fingerprint density at radius 3 is 2.29 bits per heavy atom. The van der Waals surface area contributed by atoms with Crippen molar-refractivity contribution in [2.75, 3.05) is 0 Å². The van der Waals surface area contributed by atoms with Crippen LogP contribution in [0.4, 0.5) is 13.2 Å². The lowest BCUT2D eigenvalue weighted by Gasteiger charge is -2.21. The molecule has 1 aromatic rings. The zero-order valence-corrected chi connectivity index (χ0v) is 9.35. The lowest BCUT2D eigenvalue weighted by Crippen LogP contribution is -2.24. The fourth-order valence-corrected chi connectivity index (χ4v) is 1.64. The summed E-state index contributed by atoms with van der Waals surface area (Å²) in [7, 11) is 0. The van der Waals surface area contributed by atoms with Gasteiger partial charge in [0.25, 0.3) is 0 Å². The Hall–Kier alpha value is -1.83. The highest BCUT2D eigenvalue weighted by atomic mass is 19.2. The minimum atomic E-state index is -1.50. The van der Waals surface area contributed by atoms with Crippen LogP contribution < -0.4 is 0 Å². The van der Waals surface area contributed by atoms with Gasteiger partial charge in [-0.05, 0) is 19.9 Å². The first kappa shape index (κ1) is 13.2. The predicted octanol–water partition coefficient (Wildman–Crippen LogP) is 2.86. The van der Waals surface area contributed by atoms with Crippen LogP contribution in [0.2, 0.25) is 0 Å². The fourth-order valence-electron chi connectivity index (χ4n) is 1.64. The molecule has 17 heavy (non-hydrogen) atoms. The third-order valence-corrected chi connectivity index (χ3v) is 2.45. The highest BCUT2D eigenvalue weighted by molar-refractivity contribution is 5.77. The van der Waals surface area contributed by atoms with Gasteiger partial charge in [-0.3, -0.25) is 4.79 Å². The molecule has 0 radical (unpaired) electrons. The fraction of sp³-hybridized carbons (Fsp3) is 0.333. The van der Waals surface area contributed by atoms with Gasteiger partial charge in [0.1, 0.15) is 11.6 Å². The normalized spacial score (nSPS) is 13.9. The first-order chi connectivity index (χ1) is 7.80. The van der Waals surface area contributed by atoms with Crippen LogP contribution in [0.3, 0.4) is 0 Å². The summed E-state index contributed by atoms with van der Waals surface area (Å²) in [6.07, 6.45) is -0.258. The van der Waals surface area contributed by atoms with E-state index in [4.69, 9.17) is 5.26 Å². The highest BCUT2D eigenvalue weighted by Crippen LogP contribution is 2.30. The molecule has 0 fully saturated rings. The standard InChI is InChI=1S/C12H10F3NO/c1-7(17)5-12(2,6-16)8-3-10(14)11(15)4-9(8)13/h3-4H,5H2,1-2H3. The Morgan fingerprint density at radius 2 is 1.82 bits per heavy atom. The number of nitriles is 1. The number of carbonyl (C=O) groups excluding carboxylic acids is 1. The molecule has 0 saturated carbocycles. The topological polar surface area (TPSA) is 40.9 Å². The van der Waals surface area contributed by atoms with Crippen LogP contribution in [0.15, 0.2) is 12.1 Å². The molecular weight excluding hydrogens is 231 g/mol. The number of nitrogens with zero attached hydrogens (tertiary/aromatic N) is 1. The van der Waals surface area contributed by atoms with Crippen LogP contribution in [0.5, 0.6) is 0 Å². The van der Waals surface area contributed by atoms with E-state index in [0.29, 0.717) is 12.1 Å². The van der Waals surface area contributed by atoms with Crippen molar-refractivity contribution in [3.8, 4) is 6.07 Å². The summed E-state index contributed by atoms with van der Waals surface area (Å²) in [5, 5.41) is 8.99. The van der Waals surface area contributed by atoms with E-state index in [1.54, 1.807) is 6.07 Å². The monoisotopic (exact) mass is 241 g/mol. The molecule has 0 N–H and O–H groups in total. The van der Waals surface area contributed by atoms with E-state index < -0.39 is 22.9 Å². The molecule has 1 rings (SSSR count). The number of halogens is 3. The summed E-state index contributed by atoms with van der Waals surface area (Å²) in [6, 6.07) is 2.76. The van der Waals surface area contributed by atoms with Gasteiger partial charge in [0, 0.05) is 18.1 Å². The number of rotatable bonds is 3. The maximum absolute atomic E-state index is 13.5. The second-order valence-electron chi connectivity index (χ2n) is 4.07. The SMILES string of the molecule is CC(=O)CC(C)(C#N)c1cc(F)c(F)cc1F. The first-order valence-electron chi connectivity index (χ1n) is 4.86. The Balaban J connectivity index is 3.36. The zero-order chi connectivity index (χ0) is 13.2. The molecule has 0 aliphatic heterocycles. The molecule has 0 amide bonds. The van der Waals surface area contributed by atoms with Gasteiger partial charge in [0.15, 0.2) is 11.6 Å². The Kier molecular flexibility index (Phi) is 3.56. The molecule has 0 aliphatic carbocycles. The predicted molar refractivity (Wildman–Crippen MR) is 54.6 cm³/mol. The maximum atomic E-state index is 13.5. The average Bonchev–Trinajstić information content (AvgIpc) is 2.22. The minimum Gasteiger partial charge on any atom is -0.300 e. The average molecular weight is 241 g/mol. The van der Waals surface area contributed by atoms with Gasteiger partial charge in [-0.2, -0.15) is 5.26 Å². The maximum Gasteiger partial charge on any atom is 0.161 e. The lowest BCUT2D eigenvalue weighted by atomic mass is 9.79. The summed E-state index contributed by atoms with van der Waals surface area (Å²) >= 11 is 0. The lowest BCUT2D eigenvalue weighted by molar-refractivity contribution is -0.117. The van der Waals surface area contributed by atoms with Crippen molar-refractivity contribution in [3.05, 3.63) is 35.1 Å². The van der Waals surface area contributed by atoms with Crippen molar-refractivity contribution >= 4 is 5.78 Å².